The molecule has 0 fully saturated rings. The van der Waals surface area contributed by atoms with Gasteiger partial charge in [-0.3, -0.25) is 0 Å². The maximum atomic E-state index is 2.50. The number of rotatable bonds is 6. The van der Waals surface area contributed by atoms with E-state index in [-0.39, 0.29) is 0 Å². The van der Waals surface area contributed by atoms with Crippen molar-refractivity contribution in [2.45, 2.75) is 33.1 Å². The molecule has 2 aliphatic rings. The molecular weight excluding hydrogens is 686 g/mol. The summed E-state index contributed by atoms with van der Waals surface area (Å²) in [6.45, 7) is 8.71. The third kappa shape index (κ3) is 5.58. The second-order valence-electron chi connectivity index (χ2n) is 16.3. The summed E-state index contributed by atoms with van der Waals surface area (Å²) in [5.74, 6) is 0. The lowest BCUT2D eigenvalue weighted by Crippen LogP contribution is -2.28. The molecule has 0 bridgehead atoms. The first-order valence-electron chi connectivity index (χ1n) is 20.1. The Morgan fingerprint density at radius 1 is 0.316 bits per heavy atom. The first kappa shape index (κ1) is 34.9. The molecule has 272 valence electrons. The van der Waals surface area contributed by atoms with Crippen molar-refractivity contribution >= 4 is 60.7 Å². The lowest BCUT2D eigenvalue weighted by Gasteiger charge is -2.33. The van der Waals surface area contributed by atoms with Crippen molar-refractivity contribution in [3.05, 3.63) is 214 Å². The van der Waals surface area contributed by atoms with Crippen molar-refractivity contribution in [3.63, 3.8) is 0 Å². The van der Waals surface area contributed by atoms with E-state index in [1.165, 1.54) is 77.7 Å². The van der Waals surface area contributed by atoms with Crippen LogP contribution in [0.3, 0.4) is 0 Å². The maximum Gasteiger partial charge on any atom is 0.139 e. The fraction of sp³-hybridized carbons (Fsp3) is 0.0943. The Bertz CT molecular complexity index is 2620. The lowest BCUT2D eigenvalue weighted by molar-refractivity contribution is 0.795. The van der Waals surface area contributed by atoms with E-state index < -0.39 is 5.41 Å². The molecule has 0 saturated carbocycles. The molecule has 1 spiro atoms. The van der Waals surface area contributed by atoms with E-state index in [9.17, 15) is 0 Å². The third-order valence-electron chi connectivity index (χ3n) is 12.1. The van der Waals surface area contributed by atoms with Crippen LogP contribution in [0.1, 0.15) is 44.5 Å². The summed E-state index contributed by atoms with van der Waals surface area (Å²) in [5.41, 5.74) is 24.4. The summed E-state index contributed by atoms with van der Waals surface area (Å²) in [6.07, 6.45) is 0. The normalized spacial score (nSPS) is 12.8. The Balaban J connectivity index is 1.28. The highest BCUT2D eigenvalue weighted by Gasteiger charge is 2.52. The minimum atomic E-state index is -0.533. The predicted molar refractivity (Wildman–Crippen MR) is 247 cm³/mol. The second kappa shape index (κ2) is 13.3. The highest BCUT2D eigenvalue weighted by atomic mass is 15.1. The van der Waals surface area contributed by atoms with Gasteiger partial charge >= 0.3 is 0 Å². The first-order valence-corrected chi connectivity index (χ1v) is 20.1. The molecule has 8 aromatic carbocycles. The van der Waals surface area contributed by atoms with Crippen molar-refractivity contribution < 1.29 is 0 Å². The van der Waals surface area contributed by atoms with Gasteiger partial charge in [0.25, 0.3) is 0 Å². The minimum Gasteiger partial charge on any atom is -0.310 e. The molecule has 10 rings (SSSR count). The van der Waals surface area contributed by atoms with E-state index in [1.807, 2.05) is 0 Å². The van der Waals surface area contributed by atoms with Gasteiger partial charge in [-0.1, -0.05) is 108 Å². The van der Waals surface area contributed by atoms with Crippen LogP contribution in [0.5, 0.6) is 0 Å². The molecule has 0 aliphatic heterocycles. The van der Waals surface area contributed by atoms with E-state index in [0.717, 1.165) is 34.1 Å². The number of benzene rings is 8. The number of hydrogen-bond acceptors (Lipinski definition) is 2. The monoisotopic (exact) mass is 730 g/mol. The van der Waals surface area contributed by atoms with Gasteiger partial charge in [-0.25, -0.2) is 0 Å². The zero-order valence-electron chi connectivity index (χ0n) is 33.6. The molecule has 2 nitrogen and oxygen atoms in total. The molecule has 4 heteroatoms. The molecule has 0 atom stereocenters. The van der Waals surface area contributed by atoms with Gasteiger partial charge in [0.2, 0.25) is 0 Å². The Morgan fingerprint density at radius 3 is 0.912 bits per heavy atom. The third-order valence-corrected chi connectivity index (χ3v) is 12.1. The fourth-order valence-corrected chi connectivity index (χ4v) is 9.67. The molecule has 0 aromatic heterocycles. The largest absolute Gasteiger partial charge is 0.310 e. The molecule has 0 heterocycles. The molecule has 0 amide bonds. The van der Waals surface area contributed by atoms with Gasteiger partial charge in [0.15, 0.2) is 0 Å². The molecule has 57 heavy (non-hydrogen) atoms. The van der Waals surface area contributed by atoms with Crippen LogP contribution in [0, 0.1) is 27.7 Å². The summed E-state index contributed by atoms with van der Waals surface area (Å²) < 4.78 is 0. The lowest BCUT2D eigenvalue weighted by atomic mass is 9.69. The van der Waals surface area contributed by atoms with Crippen LogP contribution >= 0.6 is 0 Å². The zero-order chi connectivity index (χ0) is 39.0. The van der Waals surface area contributed by atoms with Crippen LogP contribution in [-0.4, -0.2) is 15.7 Å². The van der Waals surface area contributed by atoms with Crippen molar-refractivity contribution in [2.75, 3.05) is 9.80 Å². The Hall–Kier alpha value is -6.51. The van der Waals surface area contributed by atoms with Crippen molar-refractivity contribution in [2.24, 2.45) is 0 Å². The van der Waals surface area contributed by atoms with Crippen LogP contribution in [0.15, 0.2) is 170 Å². The highest BCUT2D eigenvalue weighted by molar-refractivity contribution is 6.33. The van der Waals surface area contributed by atoms with Crippen LogP contribution in [0.25, 0.3) is 22.3 Å². The van der Waals surface area contributed by atoms with Crippen molar-refractivity contribution in [1.29, 1.82) is 0 Å². The van der Waals surface area contributed by atoms with E-state index in [2.05, 4.69) is 223 Å². The van der Waals surface area contributed by atoms with Crippen molar-refractivity contribution in [1.82, 2.24) is 0 Å². The number of fused-ring (bicyclic) bond motifs is 10. The van der Waals surface area contributed by atoms with E-state index in [0.29, 0.717) is 0 Å². The van der Waals surface area contributed by atoms with E-state index in [4.69, 9.17) is 0 Å². The van der Waals surface area contributed by atoms with Gasteiger partial charge in [-0.05, 0) is 167 Å². The van der Waals surface area contributed by atoms with Crippen LogP contribution in [-0.2, 0) is 5.41 Å². The number of nitrogens with zero attached hydrogens (tertiary/aromatic N) is 2. The number of anilines is 6. The molecule has 0 unspecified atom stereocenters. The molecule has 8 aromatic rings. The second-order valence-corrected chi connectivity index (χ2v) is 16.3. The summed E-state index contributed by atoms with van der Waals surface area (Å²) in [5, 5.41) is 0. The minimum absolute atomic E-state index is 0.533. The van der Waals surface area contributed by atoms with Crippen molar-refractivity contribution in [3.8, 4) is 22.3 Å². The highest BCUT2D eigenvalue weighted by Crippen LogP contribution is 2.64. The molecule has 0 saturated heterocycles. The summed E-state index contributed by atoms with van der Waals surface area (Å²) >= 11 is 0. The molecule has 0 radical (unpaired) electrons. The zero-order valence-corrected chi connectivity index (χ0v) is 33.6. The van der Waals surface area contributed by atoms with Gasteiger partial charge < -0.3 is 9.80 Å². The first-order chi connectivity index (χ1) is 27.7. The van der Waals surface area contributed by atoms with Crippen LogP contribution in [0.4, 0.5) is 34.1 Å². The summed E-state index contributed by atoms with van der Waals surface area (Å²) in [4.78, 5) is 4.87. The van der Waals surface area contributed by atoms with Crippen LogP contribution in [0.2, 0.25) is 0 Å². The van der Waals surface area contributed by atoms with Crippen LogP contribution < -0.4 is 20.7 Å². The average Bonchev–Trinajstić information content (AvgIpc) is 3.64. The average molecular weight is 731 g/mol. The number of aryl methyl sites for hydroxylation is 4. The predicted octanol–water partition coefficient (Wildman–Crippen LogP) is 10.7. The van der Waals surface area contributed by atoms with Gasteiger partial charge in [0.05, 0.1) is 5.41 Å². The molecule has 2 aliphatic carbocycles. The smallest absolute Gasteiger partial charge is 0.139 e. The summed E-state index contributed by atoms with van der Waals surface area (Å²) in [7, 11) is 4.47. The number of hydrogen-bond donors (Lipinski definition) is 0. The standard InChI is InChI=1S/C53H44B2N2/c1-33-9-5-13-39(25-33)56(40-14-6-10-34(2)26-40)43-19-23-47-48-24-20-44(57(41-15-7-11-35(3)27-41)42-16-8-12-36(4)28-42)32-52(48)53(51(47)31-43)49-29-37(54)17-21-45(49)46-22-18-38(55)30-50(46)53/h5-32H,54-55H2,1-4H3. The summed E-state index contributed by atoms with van der Waals surface area (Å²) in [6, 6.07) is 64.1. The fourth-order valence-electron chi connectivity index (χ4n) is 9.67. The Kier molecular flexibility index (Phi) is 8.16. The Morgan fingerprint density at radius 2 is 0.596 bits per heavy atom. The van der Waals surface area contributed by atoms with Gasteiger partial charge in [-0.2, -0.15) is 0 Å². The molecule has 0 N–H and O–H groups in total. The maximum absolute atomic E-state index is 2.50. The quantitative estimate of drug-likeness (QED) is 0.157. The Labute approximate surface area is 338 Å². The molecular formula is C53H44B2N2. The van der Waals surface area contributed by atoms with E-state index in [1.54, 1.807) is 0 Å². The topological polar surface area (TPSA) is 6.48 Å². The SMILES string of the molecule is Bc1ccc2c(c1)C1(c3cc(B)ccc3-2)c2cc(N(c3cccc(C)c3)c3cccc(C)c3)ccc2-c2ccc(N(c3cccc(C)c3)c3cccc(C)c3)cc21. The van der Waals surface area contributed by atoms with E-state index >= 15 is 0 Å². The van der Waals surface area contributed by atoms with Gasteiger partial charge in [0.1, 0.15) is 15.7 Å². The van der Waals surface area contributed by atoms with Gasteiger partial charge in [0, 0.05) is 34.1 Å². The van der Waals surface area contributed by atoms with Gasteiger partial charge in [-0.15, -0.1) is 0 Å².